The van der Waals surface area contributed by atoms with E-state index < -0.39 is 4.25 Å². The maximum atomic E-state index is 2.77. The van der Waals surface area contributed by atoms with Crippen molar-refractivity contribution in [2.45, 2.75) is 27.2 Å². The van der Waals surface area contributed by atoms with Crippen molar-refractivity contribution in [3.05, 3.63) is 0 Å². The molecule has 0 aromatic carbocycles. The van der Waals surface area contributed by atoms with Crippen LogP contribution in [-0.4, -0.2) is 25.2 Å². The average molecular weight is 274 g/mol. The van der Waals surface area contributed by atoms with E-state index in [2.05, 4.69) is 49.5 Å². The van der Waals surface area contributed by atoms with E-state index in [1.165, 1.54) is 24.9 Å². The van der Waals surface area contributed by atoms with E-state index in [4.69, 9.17) is 0 Å². The molecule has 0 nitrogen and oxygen atoms in total. The van der Waals surface area contributed by atoms with Crippen LogP contribution in [0.15, 0.2) is 0 Å². The molecule has 0 unspecified atom stereocenters. The first-order valence-electron chi connectivity index (χ1n) is 4.19. The topological polar surface area (TPSA) is 0 Å². The van der Waals surface area contributed by atoms with Gasteiger partial charge in [0.15, 0.2) is 0 Å². The van der Waals surface area contributed by atoms with E-state index in [0.29, 0.717) is 0 Å². The Bertz CT molecular complexity index is 102. The van der Waals surface area contributed by atoms with Gasteiger partial charge in [-0.1, -0.05) is 0 Å². The molecule has 0 saturated heterocycles. The van der Waals surface area contributed by atoms with Crippen LogP contribution in [0.2, 0.25) is 0 Å². The third kappa shape index (κ3) is 3.04. The van der Waals surface area contributed by atoms with Gasteiger partial charge < -0.3 is 0 Å². The summed E-state index contributed by atoms with van der Waals surface area (Å²) in [5.74, 6) is 0. The van der Waals surface area contributed by atoms with Crippen molar-refractivity contribution in [3.63, 3.8) is 0 Å². The Labute approximate surface area is 78.6 Å². The van der Waals surface area contributed by atoms with Gasteiger partial charge in [-0.2, -0.15) is 0 Å². The van der Waals surface area contributed by atoms with Crippen molar-refractivity contribution in [2.75, 3.05) is 25.2 Å². The van der Waals surface area contributed by atoms with Gasteiger partial charge in [-0.05, 0) is 0 Å². The van der Waals surface area contributed by atoms with E-state index in [9.17, 15) is 0 Å². The first-order valence-corrected chi connectivity index (χ1v) is 10.2. The first-order chi connectivity index (χ1) is 4.46. The van der Waals surface area contributed by atoms with E-state index in [1.807, 2.05) is 0 Å². The molecule has 0 heterocycles. The van der Waals surface area contributed by atoms with Crippen molar-refractivity contribution >= 4 is 26.3 Å². The van der Waals surface area contributed by atoms with Crippen LogP contribution >= 0.6 is 26.3 Å². The van der Waals surface area contributed by atoms with Crippen LogP contribution in [0, 0.1) is 0 Å². The predicted molar refractivity (Wildman–Crippen MR) is 63.1 cm³/mol. The molecule has 0 saturated carbocycles. The fraction of sp³-hybridized carbons (Fsp3) is 1.00. The Kier molecular flexibility index (Phi) is 4.14. The molecule has 0 N–H and O–H groups in total. The third-order valence-corrected chi connectivity index (χ3v) is 13.4. The van der Waals surface area contributed by atoms with E-state index >= 15 is 0 Å². The van der Waals surface area contributed by atoms with Crippen molar-refractivity contribution in [3.8, 4) is 0 Å². The second kappa shape index (κ2) is 3.71. The van der Waals surface area contributed by atoms with E-state index in [1.54, 1.807) is 0 Å². The zero-order valence-electron chi connectivity index (χ0n) is 7.65. The summed E-state index contributed by atoms with van der Waals surface area (Å²) < 4.78 is -1.19. The van der Waals surface area contributed by atoms with Gasteiger partial charge in [-0.3, -0.25) is 0 Å². The van der Waals surface area contributed by atoms with Gasteiger partial charge in [0, 0.05) is 0 Å². The molecule has 0 rings (SSSR count). The summed E-state index contributed by atoms with van der Waals surface area (Å²) >= 11 is 2.77. The van der Waals surface area contributed by atoms with Gasteiger partial charge >= 0.3 is 78.6 Å². The molecule has 2 heteroatoms. The van der Waals surface area contributed by atoms with Gasteiger partial charge in [0.2, 0.25) is 0 Å². The monoisotopic (exact) mass is 274 g/mol. The molecular formula is C8H20IP. The first kappa shape index (κ1) is 11.2. The molecule has 0 aromatic heterocycles. The summed E-state index contributed by atoms with van der Waals surface area (Å²) in [4.78, 5) is 0. The second-order valence-electron chi connectivity index (χ2n) is 3.50. The summed E-state index contributed by atoms with van der Waals surface area (Å²) in [5.41, 5.74) is 0. The third-order valence-electron chi connectivity index (χ3n) is 2.61. The Morgan fingerprint density at radius 1 is 1.10 bits per heavy atom. The molecule has 64 valence electrons. The summed E-state index contributed by atoms with van der Waals surface area (Å²) in [6, 6.07) is 0. The Balaban J connectivity index is 4.19. The maximum absolute atomic E-state index is 2.77. The van der Waals surface area contributed by atoms with Crippen LogP contribution in [0.4, 0.5) is 0 Å². The van der Waals surface area contributed by atoms with Crippen molar-refractivity contribution in [1.29, 1.82) is 0 Å². The molecular weight excluding hydrogens is 254 g/mol. The average Bonchev–Trinajstić information content (AvgIpc) is 1.90. The van der Waals surface area contributed by atoms with Crippen molar-refractivity contribution < 1.29 is 0 Å². The molecule has 0 atom stereocenters. The number of halogens is 1. The standard InChI is InChI=1S/C8H20IP/c1-5-8-10(4,9,6-2)7-3/h5-8H2,1-4H3. The molecule has 0 aliphatic carbocycles. The van der Waals surface area contributed by atoms with Crippen LogP contribution in [0.5, 0.6) is 0 Å². The molecule has 0 fully saturated rings. The Morgan fingerprint density at radius 3 is 1.60 bits per heavy atom. The van der Waals surface area contributed by atoms with Crippen LogP contribution in [0.25, 0.3) is 0 Å². The van der Waals surface area contributed by atoms with Gasteiger partial charge in [0.1, 0.15) is 0 Å². The Hall–Kier alpha value is 1.16. The number of hydrogen-bond donors (Lipinski definition) is 0. The van der Waals surface area contributed by atoms with Gasteiger partial charge in [0.25, 0.3) is 0 Å². The molecule has 0 aromatic rings. The van der Waals surface area contributed by atoms with Gasteiger partial charge in [-0.25, -0.2) is 0 Å². The van der Waals surface area contributed by atoms with E-state index in [-0.39, 0.29) is 0 Å². The molecule has 10 heavy (non-hydrogen) atoms. The summed E-state index contributed by atoms with van der Waals surface area (Å²) in [6.07, 6.45) is 5.66. The fourth-order valence-corrected chi connectivity index (χ4v) is 4.94. The van der Waals surface area contributed by atoms with Crippen LogP contribution < -0.4 is 0 Å². The molecule has 0 radical (unpaired) electrons. The van der Waals surface area contributed by atoms with Crippen LogP contribution in [0.1, 0.15) is 27.2 Å². The molecule has 0 aliphatic heterocycles. The number of rotatable bonds is 4. The summed E-state index contributed by atoms with van der Waals surface area (Å²) in [7, 11) is 0. The van der Waals surface area contributed by atoms with Gasteiger partial charge in [0.05, 0.1) is 0 Å². The van der Waals surface area contributed by atoms with Crippen molar-refractivity contribution in [1.82, 2.24) is 0 Å². The minimum absolute atomic E-state index is 1.19. The normalized spacial score (nSPS) is 16.3. The summed E-state index contributed by atoms with van der Waals surface area (Å²) in [6.45, 7) is 9.53. The number of hydrogen-bond acceptors (Lipinski definition) is 0. The zero-order valence-corrected chi connectivity index (χ0v) is 10.7. The predicted octanol–water partition coefficient (Wildman–Crippen LogP) is 3.97. The SMILES string of the molecule is CCCP(C)(I)(CC)CC. The summed E-state index contributed by atoms with van der Waals surface area (Å²) in [5, 5.41) is 0. The van der Waals surface area contributed by atoms with E-state index in [0.717, 1.165) is 0 Å². The quantitative estimate of drug-likeness (QED) is 0.537. The Morgan fingerprint density at radius 2 is 1.50 bits per heavy atom. The van der Waals surface area contributed by atoms with Gasteiger partial charge in [-0.15, -0.1) is 0 Å². The molecule has 0 aliphatic rings. The van der Waals surface area contributed by atoms with Crippen molar-refractivity contribution in [2.24, 2.45) is 0 Å². The fourth-order valence-electron chi connectivity index (χ4n) is 1.16. The van der Waals surface area contributed by atoms with Crippen LogP contribution in [-0.2, 0) is 0 Å². The minimum atomic E-state index is -1.19. The second-order valence-corrected chi connectivity index (χ2v) is 18.5. The molecule has 0 spiro atoms. The molecule has 0 amide bonds. The zero-order chi connectivity index (χ0) is 8.28. The van der Waals surface area contributed by atoms with Crippen LogP contribution in [0.3, 0.4) is 0 Å². The molecule has 0 bridgehead atoms.